The third-order valence-corrected chi connectivity index (χ3v) is 5.98. The molecule has 3 unspecified atom stereocenters. The molecule has 1 aliphatic heterocycles. The first-order chi connectivity index (χ1) is 8.70. The van der Waals surface area contributed by atoms with E-state index in [1.54, 1.807) is 0 Å². The molecule has 3 atom stereocenters. The highest BCUT2D eigenvalue weighted by Crippen LogP contribution is 2.45. The lowest BCUT2D eigenvalue weighted by Gasteiger charge is -2.37. The van der Waals surface area contributed by atoms with Gasteiger partial charge >= 0.3 is 0 Å². The minimum atomic E-state index is -0.132. The Balaban J connectivity index is 1.75. The van der Waals surface area contributed by atoms with E-state index in [-0.39, 0.29) is 5.54 Å². The molecule has 3 fully saturated rings. The van der Waals surface area contributed by atoms with Crippen molar-refractivity contribution in [2.45, 2.75) is 74.9 Å². The molecule has 1 amide bonds. The zero-order valence-corrected chi connectivity index (χ0v) is 12.3. The first-order valence-corrected chi connectivity index (χ1v) is 8.62. The Morgan fingerprint density at radius 1 is 1.44 bits per heavy atom. The quantitative estimate of drug-likeness (QED) is 0.853. The molecular weight excluding hydrogens is 244 g/mol. The number of thioether (sulfide) groups is 1. The molecule has 1 spiro atoms. The van der Waals surface area contributed by atoms with Crippen LogP contribution in [0.2, 0.25) is 0 Å². The van der Waals surface area contributed by atoms with E-state index in [0.29, 0.717) is 18.1 Å². The molecule has 0 aromatic carbocycles. The minimum Gasteiger partial charge on any atom is -0.323 e. The highest BCUT2D eigenvalue weighted by Gasteiger charge is 2.59. The predicted molar refractivity (Wildman–Crippen MR) is 75.6 cm³/mol. The summed E-state index contributed by atoms with van der Waals surface area (Å²) in [6.45, 7) is 2.19. The first kappa shape index (κ1) is 12.8. The average Bonchev–Trinajstić information content (AvgIpc) is 3.12. The number of carbonyl (C=O) groups excluding carboxylic acids is 1. The topological polar surface area (TPSA) is 32.3 Å². The van der Waals surface area contributed by atoms with Gasteiger partial charge in [-0.1, -0.05) is 13.3 Å². The van der Waals surface area contributed by atoms with Crippen molar-refractivity contribution in [1.82, 2.24) is 10.2 Å². The normalized spacial score (nSPS) is 38.4. The van der Waals surface area contributed by atoms with Gasteiger partial charge in [0.2, 0.25) is 5.91 Å². The second kappa shape index (κ2) is 4.71. The summed E-state index contributed by atoms with van der Waals surface area (Å²) in [7, 11) is 0. The van der Waals surface area contributed by atoms with Gasteiger partial charge in [-0.3, -0.25) is 10.1 Å². The van der Waals surface area contributed by atoms with E-state index >= 15 is 0 Å². The molecule has 1 heterocycles. The van der Waals surface area contributed by atoms with E-state index in [9.17, 15) is 4.79 Å². The molecule has 3 rings (SSSR count). The molecule has 1 saturated heterocycles. The van der Waals surface area contributed by atoms with Gasteiger partial charge in [0.25, 0.3) is 0 Å². The number of hydrogen-bond donors (Lipinski definition) is 1. The fraction of sp³-hybridized carbons (Fsp3) is 0.929. The lowest BCUT2D eigenvalue weighted by atomic mass is 9.93. The van der Waals surface area contributed by atoms with Crippen molar-refractivity contribution in [2.24, 2.45) is 0 Å². The highest BCUT2D eigenvalue weighted by atomic mass is 32.2. The monoisotopic (exact) mass is 268 g/mol. The van der Waals surface area contributed by atoms with Crippen LogP contribution in [0.25, 0.3) is 0 Å². The van der Waals surface area contributed by atoms with Crippen LogP contribution >= 0.6 is 11.8 Å². The van der Waals surface area contributed by atoms with Gasteiger partial charge in [-0.05, 0) is 44.8 Å². The summed E-state index contributed by atoms with van der Waals surface area (Å²) >= 11 is 1.98. The van der Waals surface area contributed by atoms with Gasteiger partial charge in [-0.15, -0.1) is 0 Å². The van der Waals surface area contributed by atoms with E-state index in [1.807, 2.05) is 11.8 Å². The van der Waals surface area contributed by atoms with E-state index < -0.39 is 0 Å². The van der Waals surface area contributed by atoms with Gasteiger partial charge < -0.3 is 4.90 Å². The number of amides is 1. The SMILES string of the molecule is CCC1NC2(CC2)C(=O)N1C1CCCC(SC)C1. The third kappa shape index (κ3) is 1.97. The van der Waals surface area contributed by atoms with Gasteiger partial charge in [-0.2, -0.15) is 11.8 Å². The molecule has 3 nitrogen and oxygen atoms in total. The standard InChI is InChI=1S/C14H24N2OS/c1-3-12-15-14(7-8-14)13(17)16(12)10-5-4-6-11(9-10)18-2/h10-12,15H,3-9H2,1-2H3. The largest absolute Gasteiger partial charge is 0.323 e. The lowest BCUT2D eigenvalue weighted by molar-refractivity contribution is -0.133. The number of rotatable bonds is 3. The molecule has 0 aromatic heterocycles. The second-order valence-corrected chi connectivity index (χ2v) is 7.18. The zero-order valence-electron chi connectivity index (χ0n) is 11.4. The van der Waals surface area contributed by atoms with Crippen molar-refractivity contribution in [2.75, 3.05) is 6.26 Å². The summed E-state index contributed by atoms with van der Waals surface area (Å²) in [4.78, 5) is 14.8. The van der Waals surface area contributed by atoms with Crippen molar-refractivity contribution in [3.63, 3.8) is 0 Å². The van der Waals surface area contributed by atoms with E-state index in [2.05, 4.69) is 23.4 Å². The molecule has 2 saturated carbocycles. The maximum absolute atomic E-state index is 12.6. The third-order valence-electron chi connectivity index (χ3n) is 4.88. The molecule has 0 aromatic rings. The number of carbonyl (C=O) groups is 1. The van der Waals surface area contributed by atoms with E-state index in [1.165, 1.54) is 25.7 Å². The fourth-order valence-corrected chi connectivity index (χ4v) is 4.45. The van der Waals surface area contributed by atoms with Crippen molar-refractivity contribution < 1.29 is 4.79 Å². The molecule has 1 N–H and O–H groups in total. The Kier molecular flexibility index (Phi) is 3.35. The smallest absolute Gasteiger partial charge is 0.244 e. The van der Waals surface area contributed by atoms with Crippen LogP contribution in [0.1, 0.15) is 51.9 Å². The molecule has 2 aliphatic carbocycles. The summed E-state index contributed by atoms with van der Waals surface area (Å²) in [5.74, 6) is 0.404. The molecule has 18 heavy (non-hydrogen) atoms. The van der Waals surface area contributed by atoms with Gasteiger partial charge in [0, 0.05) is 11.3 Å². The maximum Gasteiger partial charge on any atom is 0.244 e. The molecule has 4 heteroatoms. The second-order valence-electron chi connectivity index (χ2n) is 6.04. The molecule has 0 bridgehead atoms. The van der Waals surface area contributed by atoms with Gasteiger partial charge in [0.1, 0.15) is 0 Å². The van der Waals surface area contributed by atoms with Crippen LogP contribution in [0.3, 0.4) is 0 Å². The predicted octanol–water partition coefficient (Wildman–Crippen LogP) is 2.36. The Labute approximate surface area is 114 Å². The average molecular weight is 268 g/mol. The molecule has 102 valence electrons. The maximum atomic E-state index is 12.6. The van der Waals surface area contributed by atoms with Crippen LogP contribution in [0.5, 0.6) is 0 Å². The Hall–Kier alpha value is -0.220. The number of nitrogens with one attached hydrogen (secondary N) is 1. The highest BCUT2D eigenvalue weighted by molar-refractivity contribution is 7.99. The Morgan fingerprint density at radius 3 is 2.83 bits per heavy atom. The van der Waals surface area contributed by atoms with E-state index in [4.69, 9.17) is 0 Å². The number of nitrogens with zero attached hydrogens (tertiary/aromatic N) is 1. The minimum absolute atomic E-state index is 0.132. The molecule has 0 radical (unpaired) electrons. The van der Waals surface area contributed by atoms with Crippen LogP contribution < -0.4 is 5.32 Å². The van der Waals surface area contributed by atoms with Crippen molar-refractivity contribution >= 4 is 17.7 Å². The summed E-state index contributed by atoms with van der Waals surface area (Å²) in [5.41, 5.74) is -0.132. The van der Waals surface area contributed by atoms with Crippen LogP contribution in [0, 0.1) is 0 Å². The van der Waals surface area contributed by atoms with Crippen molar-refractivity contribution in [3.8, 4) is 0 Å². The molecule has 3 aliphatic rings. The Morgan fingerprint density at radius 2 is 2.22 bits per heavy atom. The summed E-state index contributed by atoms with van der Waals surface area (Å²) in [6, 6.07) is 0.487. The number of hydrogen-bond acceptors (Lipinski definition) is 3. The Bertz CT molecular complexity index is 343. The first-order valence-electron chi connectivity index (χ1n) is 7.33. The summed E-state index contributed by atoms with van der Waals surface area (Å²) in [5, 5.41) is 4.35. The molecular formula is C14H24N2OS. The summed E-state index contributed by atoms with van der Waals surface area (Å²) < 4.78 is 0. The van der Waals surface area contributed by atoms with Crippen LogP contribution in [0.15, 0.2) is 0 Å². The van der Waals surface area contributed by atoms with Crippen molar-refractivity contribution in [3.05, 3.63) is 0 Å². The van der Waals surface area contributed by atoms with E-state index in [0.717, 1.165) is 24.5 Å². The fourth-order valence-electron chi connectivity index (χ4n) is 3.63. The summed E-state index contributed by atoms with van der Waals surface area (Å²) in [6.07, 6.45) is 10.7. The zero-order chi connectivity index (χ0) is 12.8. The van der Waals surface area contributed by atoms with Crippen LogP contribution in [0.4, 0.5) is 0 Å². The van der Waals surface area contributed by atoms with Gasteiger partial charge in [0.15, 0.2) is 0 Å². The lowest BCUT2D eigenvalue weighted by Crippen LogP contribution is -2.46. The van der Waals surface area contributed by atoms with Gasteiger partial charge in [0.05, 0.1) is 11.7 Å². The van der Waals surface area contributed by atoms with Crippen LogP contribution in [-0.2, 0) is 4.79 Å². The van der Waals surface area contributed by atoms with Gasteiger partial charge in [-0.25, -0.2) is 0 Å². The van der Waals surface area contributed by atoms with Crippen molar-refractivity contribution in [1.29, 1.82) is 0 Å². The van der Waals surface area contributed by atoms with Crippen LogP contribution in [-0.4, -0.2) is 40.1 Å².